The monoisotopic (exact) mass is 352 g/mol. The molecule has 20 heavy (non-hydrogen) atoms. The van der Waals surface area contributed by atoms with Gasteiger partial charge in [0.2, 0.25) is 5.91 Å². The molecule has 0 atom stereocenters. The van der Waals surface area contributed by atoms with Crippen LogP contribution in [0.25, 0.3) is 0 Å². The summed E-state index contributed by atoms with van der Waals surface area (Å²) in [6, 6.07) is 13.0. The number of rotatable bonds is 4. The molecule has 0 aliphatic heterocycles. The van der Waals surface area contributed by atoms with Crippen LogP contribution in [0.5, 0.6) is 0 Å². The van der Waals surface area contributed by atoms with Crippen molar-refractivity contribution >= 4 is 39.1 Å². The van der Waals surface area contributed by atoms with E-state index in [0.717, 1.165) is 15.6 Å². The highest BCUT2D eigenvalue weighted by atomic mass is 79.9. The van der Waals surface area contributed by atoms with Crippen LogP contribution in [-0.2, 0) is 17.8 Å². The standard InChI is InChI=1S/C15H14BrClN2O/c16-12-5-6-14(13(17)8-12)19-15(20)7-10-3-1-2-4-11(10)9-18/h1-6,8H,7,9,18H2,(H,19,20). The summed E-state index contributed by atoms with van der Waals surface area (Å²) in [5, 5.41) is 3.30. The first kappa shape index (κ1) is 15.0. The summed E-state index contributed by atoms with van der Waals surface area (Å²) in [7, 11) is 0. The fraction of sp³-hybridized carbons (Fsp3) is 0.133. The van der Waals surface area contributed by atoms with Crippen LogP contribution in [0.4, 0.5) is 5.69 Å². The zero-order valence-corrected chi connectivity index (χ0v) is 13.0. The zero-order valence-electron chi connectivity index (χ0n) is 10.7. The smallest absolute Gasteiger partial charge is 0.228 e. The molecule has 5 heteroatoms. The highest BCUT2D eigenvalue weighted by molar-refractivity contribution is 9.10. The van der Waals surface area contributed by atoms with Gasteiger partial charge in [-0.1, -0.05) is 51.8 Å². The van der Waals surface area contributed by atoms with E-state index in [0.29, 0.717) is 17.3 Å². The van der Waals surface area contributed by atoms with E-state index in [1.807, 2.05) is 30.3 Å². The lowest BCUT2D eigenvalue weighted by Crippen LogP contribution is -2.16. The fourth-order valence-electron chi connectivity index (χ4n) is 1.89. The van der Waals surface area contributed by atoms with Crippen molar-refractivity contribution in [2.75, 3.05) is 5.32 Å². The second-order valence-corrected chi connectivity index (χ2v) is 5.64. The van der Waals surface area contributed by atoms with Gasteiger partial charge in [0.1, 0.15) is 0 Å². The average molecular weight is 354 g/mol. The lowest BCUT2D eigenvalue weighted by Gasteiger charge is -2.10. The first-order chi connectivity index (χ1) is 9.60. The lowest BCUT2D eigenvalue weighted by molar-refractivity contribution is -0.115. The van der Waals surface area contributed by atoms with E-state index in [9.17, 15) is 4.79 Å². The van der Waals surface area contributed by atoms with E-state index >= 15 is 0 Å². The fourth-order valence-corrected chi connectivity index (χ4v) is 2.61. The molecule has 0 saturated carbocycles. The van der Waals surface area contributed by atoms with E-state index in [-0.39, 0.29) is 12.3 Å². The van der Waals surface area contributed by atoms with Crippen LogP contribution < -0.4 is 11.1 Å². The van der Waals surface area contributed by atoms with E-state index in [1.54, 1.807) is 12.1 Å². The molecule has 0 bridgehead atoms. The molecule has 2 aromatic rings. The highest BCUT2D eigenvalue weighted by Crippen LogP contribution is 2.25. The van der Waals surface area contributed by atoms with Gasteiger partial charge in [-0.05, 0) is 29.3 Å². The van der Waals surface area contributed by atoms with Crippen molar-refractivity contribution in [2.45, 2.75) is 13.0 Å². The minimum Gasteiger partial charge on any atom is -0.326 e. The Kier molecular flexibility index (Phi) is 5.17. The topological polar surface area (TPSA) is 55.1 Å². The quantitative estimate of drug-likeness (QED) is 0.879. The number of carbonyl (C=O) groups excluding carboxylic acids is 1. The summed E-state index contributed by atoms with van der Waals surface area (Å²) in [5.41, 5.74) is 8.17. The lowest BCUT2D eigenvalue weighted by atomic mass is 10.0. The van der Waals surface area contributed by atoms with Crippen LogP contribution in [0.1, 0.15) is 11.1 Å². The first-order valence-corrected chi connectivity index (χ1v) is 7.29. The molecule has 3 N–H and O–H groups in total. The van der Waals surface area contributed by atoms with Crippen LogP contribution in [0, 0.1) is 0 Å². The Hall–Kier alpha value is -1.36. The van der Waals surface area contributed by atoms with Crippen LogP contribution in [-0.4, -0.2) is 5.91 Å². The predicted octanol–water partition coefficient (Wildman–Crippen LogP) is 3.74. The molecule has 104 valence electrons. The second kappa shape index (κ2) is 6.88. The molecule has 0 heterocycles. The number of amides is 1. The van der Waals surface area contributed by atoms with Gasteiger partial charge in [0, 0.05) is 11.0 Å². The van der Waals surface area contributed by atoms with E-state index in [1.165, 1.54) is 0 Å². The Morgan fingerprint density at radius 3 is 2.55 bits per heavy atom. The molecule has 0 spiro atoms. The van der Waals surface area contributed by atoms with Crippen LogP contribution in [0.15, 0.2) is 46.9 Å². The molecule has 2 aromatic carbocycles. The summed E-state index contributed by atoms with van der Waals surface area (Å²) >= 11 is 9.39. The van der Waals surface area contributed by atoms with E-state index < -0.39 is 0 Å². The maximum Gasteiger partial charge on any atom is 0.228 e. The van der Waals surface area contributed by atoms with Crippen molar-refractivity contribution in [1.82, 2.24) is 0 Å². The SMILES string of the molecule is NCc1ccccc1CC(=O)Nc1ccc(Br)cc1Cl. The molecular weight excluding hydrogens is 340 g/mol. The predicted molar refractivity (Wildman–Crippen MR) is 85.8 cm³/mol. The molecule has 0 unspecified atom stereocenters. The van der Waals surface area contributed by atoms with Crippen molar-refractivity contribution in [1.29, 1.82) is 0 Å². The Morgan fingerprint density at radius 1 is 1.20 bits per heavy atom. The summed E-state index contributed by atoms with van der Waals surface area (Å²) in [5.74, 6) is -0.116. The highest BCUT2D eigenvalue weighted by Gasteiger charge is 2.09. The van der Waals surface area contributed by atoms with E-state index in [2.05, 4.69) is 21.2 Å². The molecular formula is C15H14BrClN2O. The summed E-state index contributed by atoms with van der Waals surface area (Å²) in [6.07, 6.45) is 0.278. The average Bonchev–Trinajstić information content (AvgIpc) is 2.42. The Balaban J connectivity index is 2.09. The molecule has 0 aromatic heterocycles. The molecule has 2 rings (SSSR count). The van der Waals surface area contributed by atoms with Crippen molar-refractivity contribution < 1.29 is 4.79 Å². The normalized spacial score (nSPS) is 10.3. The number of nitrogens with one attached hydrogen (secondary N) is 1. The minimum atomic E-state index is -0.116. The third kappa shape index (κ3) is 3.82. The van der Waals surface area contributed by atoms with Gasteiger partial charge < -0.3 is 11.1 Å². The third-order valence-corrected chi connectivity index (χ3v) is 3.70. The first-order valence-electron chi connectivity index (χ1n) is 6.12. The van der Waals surface area contributed by atoms with Crippen LogP contribution in [0.3, 0.4) is 0 Å². The van der Waals surface area contributed by atoms with E-state index in [4.69, 9.17) is 17.3 Å². The van der Waals surface area contributed by atoms with Gasteiger partial charge >= 0.3 is 0 Å². The summed E-state index contributed by atoms with van der Waals surface area (Å²) in [4.78, 5) is 12.1. The maximum atomic E-state index is 12.1. The number of benzene rings is 2. The van der Waals surface area contributed by atoms with Crippen molar-refractivity contribution in [3.05, 3.63) is 63.1 Å². The van der Waals surface area contributed by atoms with Gasteiger partial charge in [-0.25, -0.2) is 0 Å². The number of hydrogen-bond donors (Lipinski definition) is 2. The Morgan fingerprint density at radius 2 is 1.90 bits per heavy atom. The van der Waals surface area contributed by atoms with Crippen molar-refractivity contribution in [2.24, 2.45) is 5.73 Å². The number of anilines is 1. The number of nitrogens with two attached hydrogens (primary N) is 1. The summed E-state index contributed by atoms with van der Waals surface area (Å²) < 4.78 is 0.869. The van der Waals surface area contributed by atoms with Gasteiger partial charge in [0.15, 0.2) is 0 Å². The van der Waals surface area contributed by atoms with Crippen LogP contribution in [0.2, 0.25) is 5.02 Å². The molecule has 0 radical (unpaired) electrons. The maximum absolute atomic E-state index is 12.1. The van der Waals surface area contributed by atoms with Gasteiger partial charge in [0.25, 0.3) is 0 Å². The number of halogens is 2. The largest absolute Gasteiger partial charge is 0.326 e. The Labute approximate surface area is 131 Å². The minimum absolute atomic E-state index is 0.116. The number of carbonyl (C=O) groups is 1. The van der Waals surface area contributed by atoms with Gasteiger partial charge in [-0.2, -0.15) is 0 Å². The molecule has 0 fully saturated rings. The Bertz CT molecular complexity index is 631. The van der Waals surface area contributed by atoms with Crippen molar-refractivity contribution in [3.63, 3.8) is 0 Å². The zero-order chi connectivity index (χ0) is 14.5. The van der Waals surface area contributed by atoms with Gasteiger partial charge in [0.05, 0.1) is 17.1 Å². The molecule has 0 aliphatic rings. The van der Waals surface area contributed by atoms with Crippen molar-refractivity contribution in [3.8, 4) is 0 Å². The second-order valence-electron chi connectivity index (χ2n) is 4.32. The molecule has 3 nitrogen and oxygen atoms in total. The third-order valence-electron chi connectivity index (χ3n) is 2.89. The number of hydrogen-bond acceptors (Lipinski definition) is 2. The van der Waals surface area contributed by atoms with Crippen LogP contribution >= 0.6 is 27.5 Å². The van der Waals surface area contributed by atoms with Gasteiger partial charge in [-0.3, -0.25) is 4.79 Å². The molecule has 0 aliphatic carbocycles. The molecule has 0 saturated heterocycles. The summed E-state index contributed by atoms with van der Waals surface area (Å²) in [6.45, 7) is 0.419. The molecule has 1 amide bonds. The van der Waals surface area contributed by atoms with Gasteiger partial charge in [-0.15, -0.1) is 0 Å².